The number of H-pyrrole nitrogens is 1. The standard InChI is InChI=1S/C20H22N4O2S/c1-4-13-6-5-7-16-14(11-21-19(13)16)12-22-24-20(27)23-15-8-9-17(25-2)18(10-15)26-3/h5-12,21H,4H2,1-3H3,(H2,23,24,27)/b22-12+. The van der Waals surface area contributed by atoms with Crippen LogP contribution in [-0.4, -0.2) is 30.5 Å². The van der Waals surface area contributed by atoms with Crippen LogP contribution >= 0.6 is 12.2 Å². The first-order valence-electron chi connectivity index (χ1n) is 8.57. The number of ether oxygens (including phenoxy) is 2. The SMILES string of the molecule is CCc1cccc2c(/C=N/NC(=S)Nc3ccc(OC)c(OC)c3)c[nH]c12. The first-order chi connectivity index (χ1) is 13.2. The molecule has 0 amide bonds. The largest absolute Gasteiger partial charge is 0.493 e. The molecule has 0 bridgehead atoms. The molecule has 0 unspecified atom stereocenters. The second kappa shape index (κ2) is 8.55. The van der Waals surface area contributed by atoms with Gasteiger partial charge < -0.3 is 19.8 Å². The minimum atomic E-state index is 0.382. The molecule has 0 aliphatic rings. The normalized spacial score (nSPS) is 10.9. The van der Waals surface area contributed by atoms with E-state index in [2.05, 4.69) is 46.0 Å². The van der Waals surface area contributed by atoms with E-state index in [4.69, 9.17) is 21.7 Å². The number of nitrogens with zero attached hydrogens (tertiary/aromatic N) is 1. The molecule has 0 fully saturated rings. The lowest BCUT2D eigenvalue weighted by atomic mass is 10.1. The van der Waals surface area contributed by atoms with Crippen molar-refractivity contribution in [1.29, 1.82) is 0 Å². The molecular formula is C20H22N4O2S. The fourth-order valence-electron chi connectivity index (χ4n) is 2.87. The summed E-state index contributed by atoms with van der Waals surface area (Å²) in [5, 5.41) is 8.82. The van der Waals surface area contributed by atoms with Crippen molar-refractivity contribution in [2.75, 3.05) is 19.5 Å². The average molecular weight is 382 g/mol. The minimum absolute atomic E-state index is 0.382. The maximum Gasteiger partial charge on any atom is 0.191 e. The molecule has 0 atom stereocenters. The predicted octanol–water partition coefficient (Wildman–Crippen LogP) is 4.07. The number of hydrogen-bond donors (Lipinski definition) is 3. The Morgan fingerprint density at radius 1 is 1.19 bits per heavy atom. The van der Waals surface area contributed by atoms with Gasteiger partial charge in [0.05, 0.1) is 20.4 Å². The minimum Gasteiger partial charge on any atom is -0.493 e. The Hall–Kier alpha value is -3.06. The molecule has 0 spiro atoms. The molecule has 0 saturated carbocycles. The molecule has 0 radical (unpaired) electrons. The van der Waals surface area contributed by atoms with Crippen molar-refractivity contribution < 1.29 is 9.47 Å². The van der Waals surface area contributed by atoms with Crippen molar-refractivity contribution in [2.24, 2.45) is 5.10 Å². The highest BCUT2D eigenvalue weighted by atomic mass is 32.1. The van der Waals surface area contributed by atoms with E-state index in [9.17, 15) is 0 Å². The number of aromatic nitrogens is 1. The third-order valence-corrected chi connectivity index (χ3v) is 4.42. The first-order valence-corrected chi connectivity index (χ1v) is 8.98. The third-order valence-electron chi connectivity index (χ3n) is 4.23. The number of anilines is 1. The Morgan fingerprint density at radius 3 is 2.74 bits per heavy atom. The zero-order valence-electron chi connectivity index (χ0n) is 15.5. The van der Waals surface area contributed by atoms with Crippen LogP contribution in [-0.2, 0) is 6.42 Å². The highest BCUT2D eigenvalue weighted by Gasteiger charge is 2.06. The molecule has 3 N–H and O–H groups in total. The molecule has 2 aromatic carbocycles. The molecular weight excluding hydrogens is 360 g/mol. The van der Waals surface area contributed by atoms with Gasteiger partial charge in [-0.05, 0) is 36.3 Å². The lowest BCUT2D eigenvalue weighted by Gasteiger charge is -2.11. The van der Waals surface area contributed by atoms with E-state index in [-0.39, 0.29) is 0 Å². The number of aryl methyl sites for hydroxylation is 1. The first kappa shape index (κ1) is 18.7. The van der Waals surface area contributed by atoms with E-state index in [1.807, 2.05) is 24.4 Å². The van der Waals surface area contributed by atoms with E-state index >= 15 is 0 Å². The van der Waals surface area contributed by atoms with Gasteiger partial charge in [0.15, 0.2) is 16.6 Å². The molecule has 3 aromatic rings. The van der Waals surface area contributed by atoms with Crippen molar-refractivity contribution in [3.8, 4) is 11.5 Å². The van der Waals surface area contributed by atoms with E-state index in [1.54, 1.807) is 20.4 Å². The van der Waals surface area contributed by atoms with Crippen molar-refractivity contribution in [3.63, 3.8) is 0 Å². The summed E-state index contributed by atoms with van der Waals surface area (Å²) in [6.45, 7) is 2.14. The summed E-state index contributed by atoms with van der Waals surface area (Å²) in [6, 6.07) is 11.7. The number of hydrazone groups is 1. The summed E-state index contributed by atoms with van der Waals surface area (Å²) < 4.78 is 10.5. The lowest BCUT2D eigenvalue weighted by molar-refractivity contribution is 0.355. The summed E-state index contributed by atoms with van der Waals surface area (Å²) >= 11 is 5.29. The third kappa shape index (κ3) is 4.20. The van der Waals surface area contributed by atoms with Crippen LogP contribution in [0.5, 0.6) is 11.5 Å². The van der Waals surface area contributed by atoms with Gasteiger partial charge in [0, 0.05) is 34.4 Å². The van der Waals surface area contributed by atoms with Crippen molar-refractivity contribution in [1.82, 2.24) is 10.4 Å². The number of thiocarbonyl (C=S) groups is 1. The monoisotopic (exact) mass is 382 g/mol. The molecule has 0 saturated heterocycles. The van der Waals surface area contributed by atoms with Crippen LogP contribution < -0.4 is 20.2 Å². The van der Waals surface area contributed by atoms with E-state index in [0.29, 0.717) is 16.6 Å². The molecule has 3 rings (SSSR count). The summed E-state index contributed by atoms with van der Waals surface area (Å²) in [6.07, 6.45) is 4.67. The zero-order valence-corrected chi connectivity index (χ0v) is 16.3. The van der Waals surface area contributed by atoms with Crippen LogP contribution in [0.25, 0.3) is 10.9 Å². The van der Waals surface area contributed by atoms with Crippen LogP contribution in [0.3, 0.4) is 0 Å². The quantitative estimate of drug-likeness (QED) is 0.341. The van der Waals surface area contributed by atoms with Gasteiger partial charge in [0.2, 0.25) is 0 Å². The number of hydrogen-bond acceptors (Lipinski definition) is 4. The van der Waals surface area contributed by atoms with Gasteiger partial charge in [-0.2, -0.15) is 5.10 Å². The van der Waals surface area contributed by atoms with E-state index in [1.165, 1.54) is 5.56 Å². The second-order valence-corrected chi connectivity index (χ2v) is 6.24. The Kier molecular flexibility index (Phi) is 5.93. The average Bonchev–Trinajstić information content (AvgIpc) is 3.11. The maximum atomic E-state index is 5.29. The highest BCUT2D eigenvalue weighted by molar-refractivity contribution is 7.80. The molecule has 1 heterocycles. The van der Waals surface area contributed by atoms with Crippen LogP contribution in [0.4, 0.5) is 5.69 Å². The number of rotatable bonds is 6. The van der Waals surface area contributed by atoms with Gasteiger partial charge in [-0.15, -0.1) is 0 Å². The summed E-state index contributed by atoms with van der Waals surface area (Å²) in [5.74, 6) is 1.28. The molecule has 1 aromatic heterocycles. The number of aromatic amines is 1. The fourth-order valence-corrected chi connectivity index (χ4v) is 3.04. The summed E-state index contributed by atoms with van der Waals surface area (Å²) in [7, 11) is 3.19. The summed E-state index contributed by atoms with van der Waals surface area (Å²) in [5.41, 5.74) is 7.04. The van der Waals surface area contributed by atoms with Crippen LogP contribution in [0, 0.1) is 0 Å². The zero-order chi connectivity index (χ0) is 19.2. The van der Waals surface area contributed by atoms with Gasteiger partial charge in [0.25, 0.3) is 0 Å². The van der Waals surface area contributed by atoms with Crippen molar-refractivity contribution in [2.45, 2.75) is 13.3 Å². The smallest absolute Gasteiger partial charge is 0.191 e. The molecule has 7 heteroatoms. The van der Waals surface area contributed by atoms with Crippen LogP contribution in [0.15, 0.2) is 47.7 Å². The van der Waals surface area contributed by atoms with Gasteiger partial charge in [0.1, 0.15) is 0 Å². The van der Waals surface area contributed by atoms with Gasteiger partial charge in [-0.3, -0.25) is 5.43 Å². The molecule has 0 aliphatic heterocycles. The second-order valence-electron chi connectivity index (χ2n) is 5.83. The highest BCUT2D eigenvalue weighted by Crippen LogP contribution is 2.29. The molecule has 140 valence electrons. The van der Waals surface area contributed by atoms with Crippen molar-refractivity contribution in [3.05, 3.63) is 53.7 Å². The number of methoxy groups -OCH3 is 2. The topological polar surface area (TPSA) is 70.7 Å². The molecule has 27 heavy (non-hydrogen) atoms. The maximum absolute atomic E-state index is 5.29. The number of nitrogens with one attached hydrogen (secondary N) is 3. The Morgan fingerprint density at radius 2 is 2.00 bits per heavy atom. The van der Waals surface area contributed by atoms with E-state index in [0.717, 1.165) is 28.6 Å². The fraction of sp³-hybridized carbons (Fsp3) is 0.200. The lowest BCUT2D eigenvalue weighted by Crippen LogP contribution is -2.23. The summed E-state index contributed by atoms with van der Waals surface area (Å²) in [4.78, 5) is 3.32. The number of fused-ring (bicyclic) bond motifs is 1. The van der Waals surface area contributed by atoms with Gasteiger partial charge in [-0.1, -0.05) is 25.1 Å². The Labute approximate surface area is 163 Å². The van der Waals surface area contributed by atoms with Gasteiger partial charge in [-0.25, -0.2) is 0 Å². The molecule has 6 nitrogen and oxygen atoms in total. The van der Waals surface area contributed by atoms with E-state index < -0.39 is 0 Å². The number of para-hydroxylation sites is 1. The van der Waals surface area contributed by atoms with Crippen molar-refractivity contribution >= 4 is 40.1 Å². The Balaban J connectivity index is 1.66. The van der Waals surface area contributed by atoms with Crippen LogP contribution in [0.1, 0.15) is 18.1 Å². The Bertz CT molecular complexity index is 981. The molecule has 0 aliphatic carbocycles. The predicted molar refractivity (Wildman–Crippen MR) is 114 cm³/mol. The van der Waals surface area contributed by atoms with Gasteiger partial charge >= 0.3 is 0 Å². The number of benzene rings is 2. The van der Waals surface area contributed by atoms with Crippen LogP contribution in [0.2, 0.25) is 0 Å².